The molecule has 0 amide bonds. The van der Waals surface area contributed by atoms with Gasteiger partial charge >= 0.3 is 0 Å². The predicted octanol–water partition coefficient (Wildman–Crippen LogP) is -1.89. The van der Waals surface area contributed by atoms with Gasteiger partial charge in [-0.15, -0.1) is 0 Å². The molecule has 0 radical (unpaired) electrons. The van der Waals surface area contributed by atoms with Crippen LogP contribution in [0.2, 0.25) is 0 Å². The number of rotatable bonds is 11. The van der Waals surface area contributed by atoms with Gasteiger partial charge in [-0.3, -0.25) is 0 Å². The Morgan fingerprint density at radius 2 is 1.40 bits per heavy atom. The summed E-state index contributed by atoms with van der Waals surface area (Å²) < 4.78 is 36.2. The van der Waals surface area contributed by atoms with Gasteiger partial charge < -0.3 is 84.6 Å². The molecule has 0 aromatic heterocycles. The van der Waals surface area contributed by atoms with E-state index in [2.05, 4.69) is 13.8 Å². The van der Waals surface area contributed by atoms with Crippen LogP contribution in [0.4, 0.5) is 0 Å². The molecule has 3 heterocycles. The molecule has 0 aromatic carbocycles. The standard InChI is InChI=1S/C40H68O17/c1-17(16-53-35-33(49)31(47)29(45)25(14-41)55-35)6-9-40(52-5)18(2)28-23(57-40)11-21-19-10-27(44)39(51)12-22(43)24(13-38(39,4)20(19)7-8-37(21,28)3)54-36-34(50)32(48)30(46)26(15-42)56-36/h17-36,41-51H,6-16H2,1-5H3. The van der Waals surface area contributed by atoms with Crippen molar-refractivity contribution in [3.05, 3.63) is 0 Å². The highest BCUT2D eigenvalue weighted by Crippen LogP contribution is 2.72. The van der Waals surface area contributed by atoms with Crippen molar-refractivity contribution >= 4 is 0 Å². The first-order valence-corrected chi connectivity index (χ1v) is 21.0. The van der Waals surface area contributed by atoms with Crippen LogP contribution in [0, 0.1) is 46.3 Å². The number of aliphatic hydroxyl groups is 11. The van der Waals surface area contributed by atoms with Gasteiger partial charge in [0.15, 0.2) is 18.4 Å². The van der Waals surface area contributed by atoms with Crippen LogP contribution in [0.25, 0.3) is 0 Å². The molecular weight excluding hydrogens is 752 g/mol. The summed E-state index contributed by atoms with van der Waals surface area (Å²) in [7, 11) is 1.67. The monoisotopic (exact) mass is 820 g/mol. The maximum Gasteiger partial charge on any atom is 0.187 e. The molecular formula is C40H68O17. The van der Waals surface area contributed by atoms with E-state index >= 15 is 0 Å². The SMILES string of the molecule is COC1(CCC(C)COC2OC(CO)C(O)C(O)C2O)OC2CC3C4CC(O)C5(O)CC(O)C(OC6OC(CO)C(O)C(O)C6O)CC5(C)C4CCC3(C)C2C1C. The number of hydrogen-bond acceptors (Lipinski definition) is 17. The lowest BCUT2D eigenvalue weighted by atomic mass is 9.42. The molecule has 330 valence electrons. The van der Waals surface area contributed by atoms with Crippen LogP contribution in [-0.4, -0.2) is 180 Å². The molecule has 57 heavy (non-hydrogen) atoms. The van der Waals surface area contributed by atoms with Crippen LogP contribution in [0.1, 0.15) is 79.1 Å². The third-order valence-corrected chi connectivity index (χ3v) is 16.4. The van der Waals surface area contributed by atoms with Gasteiger partial charge in [0.2, 0.25) is 0 Å². The van der Waals surface area contributed by atoms with Crippen molar-refractivity contribution in [3.63, 3.8) is 0 Å². The minimum absolute atomic E-state index is 0.0137. The third kappa shape index (κ3) is 7.05. The summed E-state index contributed by atoms with van der Waals surface area (Å²) in [5, 5.41) is 117. The minimum Gasteiger partial charge on any atom is -0.394 e. The number of ether oxygens (including phenoxy) is 6. The molecule has 4 saturated carbocycles. The summed E-state index contributed by atoms with van der Waals surface area (Å²) in [4.78, 5) is 0. The van der Waals surface area contributed by atoms with Crippen molar-refractivity contribution in [2.24, 2.45) is 46.3 Å². The van der Waals surface area contributed by atoms with Crippen molar-refractivity contribution < 1.29 is 84.6 Å². The van der Waals surface area contributed by atoms with Crippen molar-refractivity contribution in [1.29, 1.82) is 0 Å². The Hall–Kier alpha value is -0.680. The second-order valence-electron chi connectivity index (χ2n) is 19.3. The number of aliphatic hydroxyl groups excluding tert-OH is 10. The van der Waals surface area contributed by atoms with Crippen LogP contribution >= 0.6 is 0 Å². The summed E-state index contributed by atoms with van der Waals surface area (Å²) in [6.07, 6.45) is -13.6. The molecule has 0 spiro atoms. The first-order valence-electron chi connectivity index (χ1n) is 21.0. The molecule has 11 N–H and O–H groups in total. The first kappa shape index (κ1) is 44.4. The predicted molar refractivity (Wildman–Crippen MR) is 195 cm³/mol. The number of fused-ring (bicyclic) bond motifs is 7. The van der Waals surface area contributed by atoms with E-state index in [0.29, 0.717) is 19.3 Å². The Morgan fingerprint density at radius 1 is 0.789 bits per heavy atom. The van der Waals surface area contributed by atoms with Crippen molar-refractivity contribution in [3.8, 4) is 0 Å². The maximum absolute atomic E-state index is 12.3. The Bertz CT molecular complexity index is 1390. The lowest BCUT2D eigenvalue weighted by molar-refractivity contribution is -0.339. The zero-order valence-electron chi connectivity index (χ0n) is 33.7. The van der Waals surface area contributed by atoms with Gasteiger partial charge in [0.25, 0.3) is 0 Å². The molecule has 7 rings (SSSR count). The fourth-order valence-corrected chi connectivity index (χ4v) is 13.1. The van der Waals surface area contributed by atoms with E-state index in [1.165, 1.54) is 0 Å². The Balaban J connectivity index is 1.02. The zero-order chi connectivity index (χ0) is 41.6. The average molecular weight is 821 g/mol. The minimum atomic E-state index is -1.64. The zero-order valence-corrected chi connectivity index (χ0v) is 33.7. The summed E-state index contributed by atoms with van der Waals surface area (Å²) in [6.45, 7) is 7.49. The third-order valence-electron chi connectivity index (χ3n) is 16.4. The highest BCUT2D eigenvalue weighted by molar-refractivity contribution is 5.20. The van der Waals surface area contributed by atoms with Crippen molar-refractivity contribution in [2.75, 3.05) is 26.9 Å². The topological polar surface area (TPSA) is 278 Å². The van der Waals surface area contributed by atoms with E-state index in [-0.39, 0.29) is 66.5 Å². The molecule has 3 saturated heterocycles. The van der Waals surface area contributed by atoms with Crippen molar-refractivity contribution in [1.82, 2.24) is 0 Å². The number of hydrogen-bond donors (Lipinski definition) is 11. The van der Waals surface area contributed by atoms with Crippen LogP contribution in [0.5, 0.6) is 0 Å². The molecule has 24 atom stereocenters. The van der Waals surface area contributed by atoms with Gasteiger partial charge in [-0.25, -0.2) is 0 Å². The van der Waals surface area contributed by atoms with Gasteiger partial charge in [-0.1, -0.05) is 27.7 Å². The average Bonchev–Trinajstić information content (AvgIpc) is 3.64. The van der Waals surface area contributed by atoms with E-state index in [1.54, 1.807) is 7.11 Å². The van der Waals surface area contributed by atoms with Gasteiger partial charge in [0.1, 0.15) is 48.8 Å². The Morgan fingerprint density at radius 3 is 2.02 bits per heavy atom. The highest BCUT2D eigenvalue weighted by atomic mass is 16.7. The normalized spacial score (nSPS) is 56.7. The van der Waals surface area contributed by atoms with E-state index in [1.807, 2.05) is 13.8 Å². The fraction of sp³-hybridized carbons (Fsp3) is 1.00. The first-order chi connectivity index (χ1) is 26.8. The highest BCUT2D eigenvalue weighted by Gasteiger charge is 2.72. The lowest BCUT2D eigenvalue weighted by Gasteiger charge is -2.66. The fourth-order valence-electron chi connectivity index (χ4n) is 13.1. The van der Waals surface area contributed by atoms with Crippen LogP contribution < -0.4 is 0 Å². The molecule has 0 bridgehead atoms. The van der Waals surface area contributed by atoms with Gasteiger partial charge in [-0.05, 0) is 73.5 Å². The van der Waals surface area contributed by atoms with Crippen LogP contribution in [-0.2, 0) is 28.4 Å². The second-order valence-corrected chi connectivity index (χ2v) is 19.3. The molecule has 24 unspecified atom stereocenters. The Labute approximate surface area is 333 Å². The molecule has 17 heteroatoms. The molecule has 7 fully saturated rings. The second kappa shape index (κ2) is 16.2. The number of methoxy groups -OCH3 is 1. The summed E-state index contributed by atoms with van der Waals surface area (Å²) >= 11 is 0. The smallest absolute Gasteiger partial charge is 0.187 e. The lowest BCUT2D eigenvalue weighted by Crippen LogP contribution is -2.71. The van der Waals surface area contributed by atoms with Crippen LogP contribution in [0.15, 0.2) is 0 Å². The van der Waals surface area contributed by atoms with Gasteiger partial charge in [-0.2, -0.15) is 0 Å². The van der Waals surface area contributed by atoms with Crippen molar-refractivity contribution in [2.45, 2.75) is 176 Å². The Kier molecular flexibility index (Phi) is 12.6. The molecule has 0 aromatic rings. The van der Waals surface area contributed by atoms with E-state index in [9.17, 15) is 56.2 Å². The molecule has 3 aliphatic heterocycles. The van der Waals surface area contributed by atoms with Gasteiger partial charge in [0.05, 0.1) is 49.8 Å². The summed E-state index contributed by atoms with van der Waals surface area (Å²) in [6, 6.07) is 0. The summed E-state index contributed by atoms with van der Waals surface area (Å²) in [5.74, 6) is -0.546. The quantitative estimate of drug-likeness (QED) is 0.102. The van der Waals surface area contributed by atoms with Crippen LogP contribution in [0.3, 0.4) is 0 Å². The van der Waals surface area contributed by atoms with E-state index in [0.717, 1.165) is 19.3 Å². The van der Waals surface area contributed by atoms with E-state index in [4.69, 9.17) is 28.4 Å². The summed E-state index contributed by atoms with van der Waals surface area (Å²) in [5.41, 5.74) is -2.67. The molecule has 17 nitrogen and oxygen atoms in total. The van der Waals surface area contributed by atoms with Gasteiger partial charge in [0, 0.05) is 31.3 Å². The molecule has 7 aliphatic rings. The molecule has 4 aliphatic carbocycles. The maximum atomic E-state index is 12.3. The van der Waals surface area contributed by atoms with E-state index < -0.39 is 110 Å². The largest absolute Gasteiger partial charge is 0.394 e.